The fourth-order valence-corrected chi connectivity index (χ4v) is 1.51. The Balaban J connectivity index is 3.17. The van der Waals surface area contributed by atoms with Crippen molar-refractivity contribution in [2.45, 2.75) is 57.8 Å². The molecule has 0 atom stereocenters. The third-order valence-corrected chi connectivity index (χ3v) is 2.38. The van der Waals surface area contributed by atoms with Crippen LogP contribution >= 0.6 is 0 Å². The van der Waals surface area contributed by atoms with Crippen LogP contribution in [0.5, 0.6) is 0 Å². The van der Waals surface area contributed by atoms with Crippen LogP contribution in [-0.4, -0.2) is 23.1 Å². The van der Waals surface area contributed by atoms with Crippen LogP contribution in [0.2, 0.25) is 0 Å². The second-order valence-electron chi connectivity index (χ2n) is 3.94. The van der Waals surface area contributed by atoms with Crippen molar-refractivity contribution in [1.82, 2.24) is 0 Å². The zero-order chi connectivity index (χ0) is 12.2. The van der Waals surface area contributed by atoms with E-state index in [2.05, 4.69) is 0 Å². The fraction of sp³-hybridized carbons (Fsp3) is 0.750. The second kappa shape index (κ2) is 10.3. The molecule has 0 aliphatic rings. The van der Waals surface area contributed by atoms with Gasteiger partial charge in [0.1, 0.15) is 18.5 Å². The highest BCUT2D eigenvalue weighted by Crippen LogP contribution is 2.08. The van der Waals surface area contributed by atoms with E-state index in [1.165, 1.54) is 0 Å². The van der Waals surface area contributed by atoms with E-state index in [1.807, 2.05) is 0 Å². The number of carboxylic acids is 1. The normalized spacial score (nSPS) is 10.0. The average Bonchev–Trinajstić information content (AvgIpc) is 2.21. The van der Waals surface area contributed by atoms with E-state index in [0.29, 0.717) is 12.8 Å². The number of carbonyl (C=O) groups is 3. The van der Waals surface area contributed by atoms with Gasteiger partial charge in [-0.3, -0.25) is 9.59 Å². The first kappa shape index (κ1) is 14.8. The van der Waals surface area contributed by atoms with E-state index < -0.39 is 5.97 Å². The standard InChI is InChI=1S/C12H20O4/c13-9-7-5-3-1-2-4-6-8-11(14)10-12(15)16/h9H,1-8,10H2,(H,15,16). The lowest BCUT2D eigenvalue weighted by Crippen LogP contribution is -2.05. The molecule has 0 saturated heterocycles. The molecule has 16 heavy (non-hydrogen) atoms. The van der Waals surface area contributed by atoms with Crippen molar-refractivity contribution < 1.29 is 19.5 Å². The van der Waals surface area contributed by atoms with Gasteiger partial charge in [0, 0.05) is 12.8 Å². The first-order chi connectivity index (χ1) is 7.66. The molecule has 0 heterocycles. The highest BCUT2D eigenvalue weighted by atomic mass is 16.4. The molecule has 0 radical (unpaired) electrons. The molecule has 0 rings (SSSR count). The number of aldehydes is 1. The third kappa shape index (κ3) is 10.9. The Labute approximate surface area is 96.0 Å². The molecule has 0 aliphatic heterocycles. The lowest BCUT2D eigenvalue weighted by molar-refractivity contribution is -0.140. The van der Waals surface area contributed by atoms with Crippen LogP contribution < -0.4 is 0 Å². The van der Waals surface area contributed by atoms with E-state index in [-0.39, 0.29) is 12.2 Å². The summed E-state index contributed by atoms with van der Waals surface area (Å²) in [4.78, 5) is 31.2. The summed E-state index contributed by atoms with van der Waals surface area (Å²) in [6.07, 6.45) is 7.48. The predicted octanol–water partition coefficient (Wildman–Crippen LogP) is 2.35. The van der Waals surface area contributed by atoms with Gasteiger partial charge in [0.25, 0.3) is 0 Å². The van der Waals surface area contributed by atoms with Crippen molar-refractivity contribution in [2.75, 3.05) is 0 Å². The minimum absolute atomic E-state index is 0.187. The van der Waals surface area contributed by atoms with Gasteiger partial charge in [-0.05, 0) is 12.8 Å². The Hall–Kier alpha value is -1.19. The number of Topliss-reactive ketones (excluding diaryl/α,β-unsaturated/α-hetero) is 1. The van der Waals surface area contributed by atoms with Gasteiger partial charge < -0.3 is 9.90 Å². The van der Waals surface area contributed by atoms with Crippen molar-refractivity contribution >= 4 is 18.0 Å². The van der Waals surface area contributed by atoms with Crippen LogP contribution in [0, 0.1) is 0 Å². The van der Waals surface area contributed by atoms with Crippen molar-refractivity contribution in [1.29, 1.82) is 0 Å². The van der Waals surface area contributed by atoms with Gasteiger partial charge in [0.15, 0.2) is 0 Å². The van der Waals surface area contributed by atoms with Crippen LogP contribution in [0.25, 0.3) is 0 Å². The molecule has 1 N–H and O–H groups in total. The molecule has 4 heteroatoms. The van der Waals surface area contributed by atoms with E-state index in [1.54, 1.807) is 0 Å². The number of aliphatic carboxylic acids is 1. The van der Waals surface area contributed by atoms with Crippen LogP contribution in [0.3, 0.4) is 0 Å². The lowest BCUT2D eigenvalue weighted by Gasteiger charge is -2.00. The summed E-state index contributed by atoms with van der Waals surface area (Å²) >= 11 is 0. The predicted molar refractivity (Wildman–Crippen MR) is 60.3 cm³/mol. The maximum absolute atomic E-state index is 11.0. The SMILES string of the molecule is O=CCCCCCCCCC(=O)CC(=O)O. The Kier molecular flexibility index (Phi) is 9.56. The third-order valence-electron chi connectivity index (χ3n) is 2.38. The summed E-state index contributed by atoms with van der Waals surface area (Å²) in [5, 5.41) is 8.36. The maximum Gasteiger partial charge on any atom is 0.310 e. The molecule has 0 saturated carbocycles. The first-order valence-corrected chi connectivity index (χ1v) is 5.84. The van der Waals surface area contributed by atoms with E-state index in [0.717, 1.165) is 44.8 Å². The van der Waals surface area contributed by atoms with Crippen molar-refractivity contribution in [2.24, 2.45) is 0 Å². The monoisotopic (exact) mass is 228 g/mol. The molecular formula is C12H20O4. The Morgan fingerprint density at radius 3 is 2.06 bits per heavy atom. The molecule has 0 unspecified atom stereocenters. The maximum atomic E-state index is 11.0. The summed E-state index contributed by atoms with van der Waals surface area (Å²) in [6.45, 7) is 0. The van der Waals surface area contributed by atoms with Gasteiger partial charge in [-0.1, -0.05) is 25.7 Å². The van der Waals surface area contributed by atoms with Crippen molar-refractivity contribution in [3.63, 3.8) is 0 Å². The average molecular weight is 228 g/mol. The number of ketones is 1. The zero-order valence-electron chi connectivity index (χ0n) is 9.61. The minimum Gasteiger partial charge on any atom is -0.481 e. The highest BCUT2D eigenvalue weighted by molar-refractivity contribution is 5.94. The van der Waals surface area contributed by atoms with Crippen molar-refractivity contribution in [3.8, 4) is 0 Å². The van der Waals surface area contributed by atoms with Crippen LogP contribution in [0.4, 0.5) is 0 Å². The van der Waals surface area contributed by atoms with Crippen molar-refractivity contribution in [3.05, 3.63) is 0 Å². The number of hydrogen-bond donors (Lipinski definition) is 1. The zero-order valence-corrected chi connectivity index (χ0v) is 9.61. The van der Waals surface area contributed by atoms with E-state index in [9.17, 15) is 14.4 Å². The molecule has 0 aromatic carbocycles. The Morgan fingerprint density at radius 2 is 1.50 bits per heavy atom. The number of carboxylic acid groups (broad SMARTS) is 1. The quantitative estimate of drug-likeness (QED) is 0.335. The largest absolute Gasteiger partial charge is 0.481 e. The molecule has 0 spiro atoms. The summed E-state index contributed by atoms with van der Waals surface area (Å²) in [5.41, 5.74) is 0. The molecule has 0 aromatic heterocycles. The molecule has 0 aliphatic carbocycles. The van der Waals surface area contributed by atoms with Gasteiger partial charge >= 0.3 is 5.97 Å². The summed E-state index contributed by atoms with van der Waals surface area (Å²) in [5.74, 6) is -1.23. The van der Waals surface area contributed by atoms with E-state index >= 15 is 0 Å². The number of unbranched alkanes of at least 4 members (excludes halogenated alkanes) is 6. The fourth-order valence-electron chi connectivity index (χ4n) is 1.51. The van der Waals surface area contributed by atoms with Crippen LogP contribution in [0.1, 0.15) is 57.8 Å². The molecule has 0 amide bonds. The second-order valence-corrected chi connectivity index (χ2v) is 3.94. The van der Waals surface area contributed by atoms with Gasteiger partial charge in [-0.15, -0.1) is 0 Å². The molecular weight excluding hydrogens is 208 g/mol. The summed E-state index contributed by atoms with van der Waals surface area (Å²) in [6, 6.07) is 0. The van der Waals surface area contributed by atoms with Gasteiger partial charge in [0.2, 0.25) is 0 Å². The smallest absolute Gasteiger partial charge is 0.310 e. The molecule has 92 valence electrons. The number of carbonyl (C=O) groups excluding carboxylic acids is 2. The number of hydrogen-bond acceptors (Lipinski definition) is 3. The van der Waals surface area contributed by atoms with Gasteiger partial charge in [0.05, 0.1) is 0 Å². The molecule has 0 bridgehead atoms. The summed E-state index contributed by atoms with van der Waals surface area (Å²) < 4.78 is 0. The number of rotatable bonds is 11. The van der Waals surface area contributed by atoms with E-state index in [4.69, 9.17) is 5.11 Å². The van der Waals surface area contributed by atoms with Gasteiger partial charge in [-0.2, -0.15) is 0 Å². The molecule has 0 fully saturated rings. The first-order valence-electron chi connectivity index (χ1n) is 5.84. The molecule has 0 aromatic rings. The van der Waals surface area contributed by atoms with Gasteiger partial charge in [-0.25, -0.2) is 0 Å². The lowest BCUT2D eigenvalue weighted by atomic mass is 10.1. The molecule has 4 nitrogen and oxygen atoms in total. The Morgan fingerprint density at radius 1 is 0.938 bits per heavy atom. The highest BCUT2D eigenvalue weighted by Gasteiger charge is 2.06. The summed E-state index contributed by atoms with van der Waals surface area (Å²) in [7, 11) is 0. The van der Waals surface area contributed by atoms with Crippen LogP contribution in [-0.2, 0) is 14.4 Å². The minimum atomic E-state index is -1.04. The van der Waals surface area contributed by atoms with Crippen LogP contribution in [0.15, 0.2) is 0 Å². The topological polar surface area (TPSA) is 71.4 Å². The Bertz CT molecular complexity index is 223.